The van der Waals surface area contributed by atoms with Gasteiger partial charge in [-0.1, -0.05) is 18.2 Å². The first-order valence-corrected chi connectivity index (χ1v) is 6.33. The van der Waals surface area contributed by atoms with Gasteiger partial charge in [0.15, 0.2) is 6.29 Å². The molecule has 2 rings (SSSR count). The standard InChI is InChI=1S/C15H18N2O2/c1-11(2)16(3)15(19)9-17-8-12(10-18)13-6-4-5-7-14(13)17/h4-8,10-11H,9H2,1-3H3. The molecule has 0 radical (unpaired) electrons. The lowest BCUT2D eigenvalue weighted by molar-refractivity contribution is -0.131. The lowest BCUT2D eigenvalue weighted by atomic mass is 10.2. The van der Waals surface area contributed by atoms with Crippen molar-refractivity contribution in [2.45, 2.75) is 26.4 Å². The zero-order valence-corrected chi connectivity index (χ0v) is 11.5. The molecule has 0 atom stereocenters. The fourth-order valence-corrected chi connectivity index (χ4v) is 2.05. The molecule has 1 aromatic heterocycles. The third-order valence-electron chi connectivity index (χ3n) is 3.42. The van der Waals surface area contributed by atoms with Gasteiger partial charge in [0, 0.05) is 35.8 Å². The molecule has 0 fully saturated rings. The summed E-state index contributed by atoms with van der Waals surface area (Å²) in [5, 5.41) is 0.887. The number of nitrogens with zero attached hydrogens (tertiary/aromatic N) is 2. The number of rotatable bonds is 4. The van der Waals surface area contributed by atoms with Crippen LogP contribution in [0.3, 0.4) is 0 Å². The Morgan fingerprint density at radius 3 is 2.68 bits per heavy atom. The Balaban J connectivity index is 2.36. The summed E-state index contributed by atoms with van der Waals surface area (Å²) in [7, 11) is 1.79. The van der Waals surface area contributed by atoms with Crippen molar-refractivity contribution in [3.8, 4) is 0 Å². The minimum absolute atomic E-state index is 0.0354. The molecule has 0 unspecified atom stereocenters. The van der Waals surface area contributed by atoms with Crippen LogP contribution in [0.15, 0.2) is 30.5 Å². The number of carbonyl (C=O) groups excluding carboxylic acids is 2. The predicted octanol–water partition coefficient (Wildman–Crippen LogP) is 2.32. The van der Waals surface area contributed by atoms with Crippen LogP contribution in [0.5, 0.6) is 0 Å². The first-order valence-electron chi connectivity index (χ1n) is 6.33. The van der Waals surface area contributed by atoms with Crippen molar-refractivity contribution in [3.63, 3.8) is 0 Å². The summed E-state index contributed by atoms with van der Waals surface area (Å²) in [5.41, 5.74) is 1.53. The zero-order chi connectivity index (χ0) is 14.0. The minimum Gasteiger partial charge on any atom is -0.342 e. The third kappa shape index (κ3) is 2.52. The van der Waals surface area contributed by atoms with E-state index < -0.39 is 0 Å². The van der Waals surface area contributed by atoms with Gasteiger partial charge in [0.1, 0.15) is 6.54 Å². The summed E-state index contributed by atoms with van der Waals surface area (Å²) in [6.07, 6.45) is 2.57. The van der Waals surface area contributed by atoms with Crippen molar-refractivity contribution in [2.24, 2.45) is 0 Å². The van der Waals surface area contributed by atoms with Crippen LogP contribution in [-0.4, -0.2) is 34.7 Å². The van der Waals surface area contributed by atoms with E-state index in [-0.39, 0.29) is 18.5 Å². The fourth-order valence-electron chi connectivity index (χ4n) is 2.05. The van der Waals surface area contributed by atoms with Gasteiger partial charge in [0.2, 0.25) is 5.91 Å². The number of aromatic nitrogens is 1. The highest BCUT2D eigenvalue weighted by Crippen LogP contribution is 2.20. The first-order chi connectivity index (χ1) is 9.04. The minimum atomic E-state index is 0.0354. The number of benzene rings is 1. The molecule has 2 aromatic rings. The molecule has 0 N–H and O–H groups in total. The molecule has 1 aromatic carbocycles. The topological polar surface area (TPSA) is 42.3 Å². The molecule has 0 aliphatic rings. The van der Waals surface area contributed by atoms with Gasteiger partial charge in [-0.15, -0.1) is 0 Å². The molecule has 0 spiro atoms. The van der Waals surface area contributed by atoms with E-state index in [9.17, 15) is 9.59 Å². The van der Waals surface area contributed by atoms with Gasteiger partial charge in [-0.2, -0.15) is 0 Å². The molecule has 100 valence electrons. The zero-order valence-electron chi connectivity index (χ0n) is 11.5. The van der Waals surface area contributed by atoms with E-state index in [4.69, 9.17) is 0 Å². The van der Waals surface area contributed by atoms with Gasteiger partial charge in [0.25, 0.3) is 0 Å². The van der Waals surface area contributed by atoms with E-state index in [1.54, 1.807) is 18.1 Å². The van der Waals surface area contributed by atoms with Gasteiger partial charge < -0.3 is 9.47 Å². The summed E-state index contributed by atoms with van der Waals surface area (Å²) in [6, 6.07) is 7.78. The van der Waals surface area contributed by atoms with Crippen LogP contribution >= 0.6 is 0 Å². The summed E-state index contributed by atoms with van der Waals surface area (Å²) in [4.78, 5) is 24.9. The number of likely N-dealkylation sites (N-methyl/N-ethyl adjacent to an activating group) is 1. The van der Waals surface area contributed by atoms with Gasteiger partial charge >= 0.3 is 0 Å². The third-order valence-corrected chi connectivity index (χ3v) is 3.42. The predicted molar refractivity (Wildman–Crippen MR) is 75.2 cm³/mol. The quantitative estimate of drug-likeness (QED) is 0.790. The van der Waals surface area contributed by atoms with E-state index in [1.807, 2.05) is 42.7 Å². The average molecular weight is 258 g/mol. The van der Waals surface area contributed by atoms with Crippen LogP contribution in [0.2, 0.25) is 0 Å². The monoisotopic (exact) mass is 258 g/mol. The molecule has 1 amide bonds. The molecule has 19 heavy (non-hydrogen) atoms. The van der Waals surface area contributed by atoms with Crippen LogP contribution in [0, 0.1) is 0 Å². The molecular weight excluding hydrogens is 240 g/mol. The van der Waals surface area contributed by atoms with E-state index in [1.165, 1.54) is 0 Å². The Hall–Kier alpha value is -2.10. The van der Waals surface area contributed by atoms with Crippen LogP contribution in [0.4, 0.5) is 0 Å². The number of hydrogen-bond acceptors (Lipinski definition) is 2. The maximum absolute atomic E-state index is 12.1. The molecule has 0 bridgehead atoms. The molecule has 1 heterocycles. The average Bonchev–Trinajstić information content (AvgIpc) is 2.76. The fraction of sp³-hybridized carbons (Fsp3) is 0.333. The highest BCUT2D eigenvalue weighted by Gasteiger charge is 2.15. The number of carbonyl (C=O) groups is 2. The van der Waals surface area contributed by atoms with Crippen molar-refractivity contribution in [1.29, 1.82) is 0 Å². The second-order valence-electron chi connectivity index (χ2n) is 4.95. The van der Waals surface area contributed by atoms with Crippen molar-refractivity contribution < 1.29 is 9.59 Å². The molecule has 0 saturated heterocycles. The SMILES string of the molecule is CC(C)N(C)C(=O)Cn1cc(C=O)c2ccccc21. The number of amides is 1. The highest BCUT2D eigenvalue weighted by atomic mass is 16.2. The van der Waals surface area contributed by atoms with E-state index in [2.05, 4.69) is 0 Å². The highest BCUT2D eigenvalue weighted by molar-refractivity contribution is 5.98. The maximum atomic E-state index is 12.1. The Morgan fingerprint density at radius 1 is 1.37 bits per heavy atom. The van der Waals surface area contributed by atoms with Gasteiger partial charge in [-0.25, -0.2) is 0 Å². The molecule has 4 nitrogen and oxygen atoms in total. The molecular formula is C15H18N2O2. The Kier molecular flexibility index (Phi) is 3.69. The van der Waals surface area contributed by atoms with Crippen molar-refractivity contribution in [1.82, 2.24) is 9.47 Å². The molecule has 0 saturated carbocycles. The summed E-state index contributed by atoms with van der Waals surface area (Å²) < 4.78 is 1.83. The van der Waals surface area contributed by atoms with Crippen LogP contribution in [-0.2, 0) is 11.3 Å². The molecule has 4 heteroatoms. The summed E-state index contributed by atoms with van der Waals surface area (Å²) in [6.45, 7) is 4.20. The van der Waals surface area contributed by atoms with E-state index >= 15 is 0 Å². The number of aldehydes is 1. The van der Waals surface area contributed by atoms with Gasteiger partial charge in [-0.3, -0.25) is 9.59 Å². The van der Waals surface area contributed by atoms with Crippen molar-refractivity contribution >= 4 is 23.1 Å². The lowest BCUT2D eigenvalue weighted by Crippen LogP contribution is -2.35. The van der Waals surface area contributed by atoms with Crippen molar-refractivity contribution in [3.05, 3.63) is 36.0 Å². The Labute approximate surface area is 112 Å². The van der Waals surface area contributed by atoms with E-state index in [0.717, 1.165) is 17.2 Å². The van der Waals surface area contributed by atoms with Gasteiger partial charge in [-0.05, 0) is 19.9 Å². The molecule has 0 aliphatic carbocycles. The van der Waals surface area contributed by atoms with Crippen LogP contribution in [0.1, 0.15) is 24.2 Å². The van der Waals surface area contributed by atoms with E-state index in [0.29, 0.717) is 5.56 Å². The number of hydrogen-bond donors (Lipinski definition) is 0. The number of fused-ring (bicyclic) bond motifs is 1. The Bertz CT molecular complexity index is 614. The molecule has 0 aliphatic heterocycles. The normalized spacial score (nSPS) is 10.9. The summed E-state index contributed by atoms with van der Waals surface area (Å²) >= 11 is 0. The summed E-state index contributed by atoms with van der Waals surface area (Å²) in [5.74, 6) is 0.0354. The van der Waals surface area contributed by atoms with Crippen molar-refractivity contribution in [2.75, 3.05) is 7.05 Å². The largest absolute Gasteiger partial charge is 0.342 e. The second kappa shape index (κ2) is 5.26. The number of para-hydroxylation sites is 1. The first kappa shape index (κ1) is 13.3. The van der Waals surface area contributed by atoms with Crippen LogP contribution in [0.25, 0.3) is 10.9 Å². The maximum Gasteiger partial charge on any atom is 0.242 e. The second-order valence-corrected chi connectivity index (χ2v) is 4.95. The smallest absolute Gasteiger partial charge is 0.242 e. The van der Waals surface area contributed by atoms with Crippen LogP contribution < -0.4 is 0 Å². The lowest BCUT2D eigenvalue weighted by Gasteiger charge is -2.21. The Morgan fingerprint density at radius 2 is 2.05 bits per heavy atom. The van der Waals surface area contributed by atoms with Gasteiger partial charge in [0.05, 0.1) is 0 Å².